The third kappa shape index (κ3) is 4.22. The molecule has 0 saturated carbocycles. The van der Waals surface area contributed by atoms with Crippen molar-refractivity contribution in [2.24, 2.45) is 5.92 Å². The van der Waals surface area contributed by atoms with Crippen molar-refractivity contribution < 1.29 is 8.42 Å². The van der Waals surface area contributed by atoms with Crippen LogP contribution < -0.4 is 4.72 Å². The minimum Gasteiger partial charge on any atom is -0.225 e. The summed E-state index contributed by atoms with van der Waals surface area (Å²) in [4.78, 5) is 7.33. The van der Waals surface area contributed by atoms with Gasteiger partial charge in [0.1, 0.15) is 4.90 Å². The fraction of sp³-hybridized carbons (Fsp3) is 0.600. The van der Waals surface area contributed by atoms with Gasteiger partial charge in [-0.05, 0) is 17.5 Å². The highest BCUT2D eigenvalue weighted by Crippen LogP contribution is 2.10. The Morgan fingerprint density at radius 1 is 1.29 bits per heavy atom. The Balaban J connectivity index is 2.72. The maximum Gasteiger partial charge on any atom is 0.243 e. The van der Waals surface area contributed by atoms with Crippen LogP contribution in [0.5, 0.6) is 0 Å². The standard InChI is InChI=1S/C10H16ClN3O2S/c1-3-8(4-2)5-14-17(15,16)9-6-12-10(11)13-7-9/h6-8,14H,3-5H2,1-2H3. The second kappa shape index (κ2) is 6.28. The first-order valence-corrected chi connectivity index (χ1v) is 7.33. The van der Waals surface area contributed by atoms with Crippen molar-refractivity contribution in [3.8, 4) is 0 Å². The summed E-state index contributed by atoms with van der Waals surface area (Å²) in [6.07, 6.45) is 4.28. The molecule has 0 unspecified atom stereocenters. The Labute approximate surface area is 107 Å². The Kier molecular flexibility index (Phi) is 5.30. The van der Waals surface area contributed by atoms with Gasteiger partial charge < -0.3 is 0 Å². The van der Waals surface area contributed by atoms with Gasteiger partial charge in [0.2, 0.25) is 15.3 Å². The van der Waals surface area contributed by atoms with E-state index in [1.807, 2.05) is 13.8 Å². The van der Waals surface area contributed by atoms with E-state index in [-0.39, 0.29) is 10.2 Å². The molecule has 0 amide bonds. The molecule has 1 rings (SSSR count). The largest absolute Gasteiger partial charge is 0.243 e. The highest BCUT2D eigenvalue weighted by Gasteiger charge is 2.16. The maximum absolute atomic E-state index is 11.8. The van der Waals surface area contributed by atoms with Crippen LogP contribution in [-0.2, 0) is 10.0 Å². The molecule has 0 bridgehead atoms. The van der Waals surface area contributed by atoms with Crippen LogP contribution in [0.3, 0.4) is 0 Å². The van der Waals surface area contributed by atoms with Gasteiger partial charge >= 0.3 is 0 Å². The summed E-state index contributed by atoms with van der Waals surface area (Å²) >= 11 is 5.50. The molecule has 0 aliphatic heterocycles. The average Bonchev–Trinajstić information content (AvgIpc) is 2.31. The highest BCUT2D eigenvalue weighted by molar-refractivity contribution is 7.89. The zero-order valence-corrected chi connectivity index (χ0v) is 11.4. The molecule has 1 heterocycles. The number of nitrogens with one attached hydrogen (secondary N) is 1. The summed E-state index contributed by atoms with van der Waals surface area (Å²) in [5, 5.41) is 0.0314. The van der Waals surface area contributed by atoms with Gasteiger partial charge in [0.15, 0.2) is 0 Å². The minimum atomic E-state index is -3.53. The zero-order valence-electron chi connectivity index (χ0n) is 9.85. The Morgan fingerprint density at radius 3 is 2.29 bits per heavy atom. The molecular formula is C10H16ClN3O2S. The van der Waals surface area contributed by atoms with Crippen LogP contribution in [0, 0.1) is 5.92 Å². The second-order valence-corrected chi connectivity index (χ2v) is 5.83. The van der Waals surface area contributed by atoms with Crippen LogP contribution in [-0.4, -0.2) is 24.9 Å². The first-order valence-electron chi connectivity index (χ1n) is 5.46. The Morgan fingerprint density at radius 2 is 1.82 bits per heavy atom. The Hall–Kier alpha value is -0.720. The van der Waals surface area contributed by atoms with Crippen LogP contribution in [0.1, 0.15) is 26.7 Å². The van der Waals surface area contributed by atoms with Crippen LogP contribution in [0.25, 0.3) is 0 Å². The molecule has 0 aromatic carbocycles. The summed E-state index contributed by atoms with van der Waals surface area (Å²) < 4.78 is 26.2. The molecule has 0 saturated heterocycles. The molecule has 0 radical (unpaired) electrons. The lowest BCUT2D eigenvalue weighted by molar-refractivity contribution is 0.478. The first-order chi connectivity index (χ1) is 7.99. The lowest BCUT2D eigenvalue weighted by atomic mass is 10.0. The van der Waals surface area contributed by atoms with Crippen LogP contribution in [0.4, 0.5) is 0 Å². The molecule has 0 fully saturated rings. The van der Waals surface area contributed by atoms with Crippen molar-refractivity contribution in [1.82, 2.24) is 14.7 Å². The van der Waals surface area contributed by atoms with Gasteiger partial charge in [-0.1, -0.05) is 26.7 Å². The van der Waals surface area contributed by atoms with E-state index in [0.29, 0.717) is 12.5 Å². The van der Waals surface area contributed by atoms with Gasteiger partial charge in [-0.3, -0.25) is 0 Å². The monoisotopic (exact) mass is 277 g/mol. The van der Waals surface area contributed by atoms with Crippen LogP contribution in [0.2, 0.25) is 5.28 Å². The fourth-order valence-electron chi connectivity index (χ4n) is 1.33. The molecule has 17 heavy (non-hydrogen) atoms. The SMILES string of the molecule is CCC(CC)CNS(=O)(=O)c1cnc(Cl)nc1. The number of aromatic nitrogens is 2. The molecule has 0 aliphatic carbocycles. The molecule has 0 atom stereocenters. The number of sulfonamides is 1. The number of halogens is 1. The van der Waals surface area contributed by atoms with E-state index in [1.54, 1.807) is 0 Å². The predicted octanol–water partition coefficient (Wildman–Crippen LogP) is 1.84. The second-order valence-electron chi connectivity index (χ2n) is 3.72. The molecule has 1 aromatic rings. The molecular weight excluding hydrogens is 262 g/mol. The van der Waals surface area contributed by atoms with Crippen LogP contribution in [0.15, 0.2) is 17.3 Å². The van der Waals surface area contributed by atoms with Gasteiger partial charge in [-0.2, -0.15) is 0 Å². The number of hydrogen-bond donors (Lipinski definition) is 1. The van der Waals surface area contributed by atoms with Crippen molar-refractivity contribution >= 4 is 21.6 Å². The van der Waals surface area contributed by atoms with E-state index in [9.17, 15) is 8.42 Å². The fourth-order valence-corrected chi connectivity index (χ4v) is 2.43. The van der Waals surface area contributed by atoms with Gasteiger partial charge in [0, 0.05) is 6.54 Å². The third-order valence-electron chi connectivity index (χ3n) is 2.62. The van der Waals surface area contributed by atoms with E-state index >= 15 is 0 Å². The van der Waals surface area contributed by atoms with E-state index < -0.39 is 10.0 Å². The number of rotatable bonds is 6. The van der Waals surface area contributed by atoms with Gasteiger partial charge in [-0.25, -0.2) is 23.1 Å². The Bertz CT molecular complexity index is 443. The van der Waals surface area contributed by atoms with Crippen molar-refractivity contribution in [2.45, 2.75) is 31.6 Å². The van der Waals surface area contributed by atoms with E-state index in [1.165, 1.54) is 12.4 Å². The molecule has 1 aromatic heterocycles. The molecule has 7 heteroatoms. The van der Waals surface area contributed by atoms with E-state index in [4.69, 9.17) is 11.6 Å². The molecule has 0 spiro atoms. The lowest BCUT2D eigenvalue weighted by Gasteiger charge is -2.13. The van der Waals surface area contributed by atoms with Crippen molar-refractivity contribution in [3.05, 3.63) is 17.7 Å². The normalized spacial score (nSPS) is 12.0. The van der Waals surface area contributed by atoms with Crippen molar-refractivity contribution in [3.63, 3.8) is 0 Å². The summed E-state index contributed by atoms with van der Waals surface area (Å²) in [5.74, 6) is 0.345. The van der Waals surface area contributed by atoms with Crippen molar-refractivity contribution in [1.29, 1.82) is 0 Å². The zero-order chi connectivity index (χ0) is 12.9. The first kappa shape index (κ1) is 14.3. The average molecular weight is 278 g/mol. The lowest BCUT2D eigenvalue weighted by Crippen LogP contribution is -2.29. The number of nitrogens with zero attached hydrogens (tertiary/aromatic N) is 2. The smallest absolute Gasteiger partial charge is 0.225 e. The molecule has 1 N–H and O–H groups in total. The molecule has 5 nitrogen and oxygen atoms in total. The predicted molar refractivity (Wildman–Crippen MR) is 66.3 cm³/mol. The van der Waals surface area contributed by atoms with Gasteiger partial charge in [0.05, 0.1) is 12.4 Å². The summed E-state index contributed by atoms with van der Waals surface area (Å²) in [7, 11) is -3.53. The summed E-state index contributed by atoms with van der Waals surface area (Å²) in [5.41, 5.74) is 0. The van der Waals surface area contributed by atoms with Gasteiger partial charge in [0.25, 0.3) is 0 Å². The highest BCUT2D eigenvalue weighted by atomic mass is 35.5. The quantitative estimate of drug-likeness (QED) is 0.806. The molecule has 0 aliphatic rings. The summed E-state index contributed by atoms with van der Waals surface area (Å²) in [6.45, 7) is 4.50. The van der Waals surface area contributed by atoms with Crippen LogP contribution >= 0.6 is 11.6 Å². The maximum atomic E-state index is 11.8. The van der Waals surface area contributed by atoms with Crippen molar-refractivity contribution in [2.75, 3.05) is 6.54 Å². The van der Waals surface area contributed by atoms with E-state index in [2.05, 4.69) is 14.7 Å². The third-order valence-corrected chi connectivity index (χ3v) is 4.20. The van der Waals surface area contributed by atoms with Gasteiger partial charge in [-0.15, -0.1) is 0 Å². The number of hydrogen-bond acceptors (Lipinski definition) is 4. The minimum absolute atomic E-state index is 0.0314. The van der Waals surface area contributed by atoms with E-state index in [0.717, 1.165) is 12.8 Å². The topological polar surface area (TPSA) is 72.0 Å². The molecule has 96 valence electrons. The summed E-state index contributed by atoms with van der Waals surface area (Å²) in [6, 6.07) is 0.